The van der Waals surface area contributed by atoms with Gasteiger partial charge in [-0.05, 0) is 31.0 Å². The maximum Gasteiger partial charge on any atom is 0.317 e. The van der Waals surface area contributed by atoms with Gasteiger partial charge in [-0.25, -0.2) is 35.9 Å². The van der Waals surface area contributed by atoms with E-state index in [1.165, 1.54) is 12.4 Å². The molecule has 0 radical (unpaired) electrons. The Bertz CT molecular complexity index is 1570. The average Bonchev–Trinajstić information content (AvgIpc) is 3.57. The molecule has 3 aromatic heterocycles. The number of hydrogen-bond donors (Lipinski definition) is 1. The summed E-state index contributed by atoms with van der Waals surface area (Å²) in [4.78, 5) is 23.2. The van der Waals surface area contributed by atoms with Gasteiger partial charge >= 0.3 is 6.03 Å². The van der Waals surface area contributed by atoms with E-state index in [1.807, 2.05) is 18.2 Å². The number of fused-ring (bicyclic) bond motifs is 3. The second-order valence-electron chi connectivity index (χ2n) is 9.68. The first-order valence-corrected chi connectivity index (χ1v) is 13.5. The van der Waals surface area contributed by atoms with Gasteiger partial charge in [0.1, 0.15) is 0 Å². The topological polar surface area (TPSA) is 102 Å². The van der Waals surface area contributed by atoms with Gasteiger partial charge in [-0.2, -0.15) is 0 Å². The molecule has 12 heteroatoms. The maximum absolute atomic E-state index is 13.4. The fraction of sp³-hybridized carbons (Fsp3) is 0.400. The van der Waals surface area contributed by atoms with E-state index in [9.17, 15) is 22.0 Å². The second kappa shape index (κ2) is 9.09. The third-order valence-electron chi connectivity index (χ3n) is 6.93. The second-order valence-corrected chi connectivity index (χ2v) is 11.5. The van der Waals surface area contributed by atoms with E-state index < -0.39 is 28.5 Å². The molecule has 196 valence electrons. The first-order chi connectivity index (χ1) is 17.5. The normalized spacial score (nSPS) is 18.7. The molecule has 1 aliphatic rings. The van der Waals surface area contributed by atoms with Gasteiger partial charge < -0.3 is 10.2 Å². The largest absolute Gasteiger partial charge is 0.332 e. The van der Waals surface area contributed by atoms with Gasteiger partial charge in [0.15, 0.2) is 11.3 Å². The molecule has 4 heterocycles. The summed E-state index contributed by atoms with van der Waals surface area (Å²) in [5, 5.41) is 2.32. The van der Waals surface area contributed by atoms with Gasteiger partial charge in [0.2, 0.25) is 0 Å². The Morgan fingerprint density at radius 1 is 1.14 bits per heavy atom. The summed E-state index contributed by atoms with van der Waals surface area (Å²) in [6, 6.07) is 7.78. The fourth-order valence-corrected chi connectivity index (χ4v) is 6.25. The van der Waals surface area contributed by atoms with Gasteiger partial charge in [-0.3, -0.25) is 4.40 Å². The van der Waals surface area contributed by atoms with Crippen molar-refractivity contribution in [1.29, 1.82) is 0 Å². The third-order valence-corrected chi connectivity index (χ3v) is 8.61. The zero-order valence-corrected chi connectivity index (χ0v) is 21.5. The predicted molar refractivity (Wildman–Crippen MR) is 134 cm³/mol. The number of amides is 2. The summed E-state index contributed by atoms with van der Waals surface area (Å²) in [6.45, 7) is 4.69. The molecule has 0 bridgehead atoms. The number of aryl methyl sites for hydroxylation is 1. The van der Waals surface area contributed by atoms with Gasteiger partial charge in [0.05, 0.1) is 23.2 Å². The van der Waals surface area contributed by atoms with Crippen LogP contribution in [0, 0.1) is 12.8 Å². The summed E-state index contributed by atoms with van der Waals surface area (Å²) in [5.41, 5.74) is 3.15. The predicted octanol–water partition coefficient (Wildman–Crippen LogP) is 4.02. The lowest BCUT2D eigenvalue weighted by atomic mass is 9.91. The number of carbonyl (C=O) groups excluding carboxylic acids is 1. The van der Waals surface area contributed by atoms with Gasteiger partial charge in [0.25, 0.3) is 15.9 Å². The Morgan fingerprint density at radius 3 is 2.54 bits per heavy atom. The van der Waals surface area contributed by atoms with Crippen LogP contribution in [0.1, 0.15) is 37.4 Å². The van der Waals surface area contributed by atoms with Crippen LogP contribution in [0.3, 0.4) is 0 Å². The molecular weight excluding hydrogens is 502 g/mol. The highest BCUT2D eigenvalue weighted by atomic mass is 32.2. The van der Waals surface area contributed by atoms with Crippen molar-refractivity contribution in [2.24, 2.45) is 5.92 Å². The van der Waals surface area contributed by atoms with Gasteiger partial charge in [-0.1, -0.05) is 31.0 Å². The molecule has 2 atom stereocenters. The number of hydrogen-bond acceptors (Lipinski definition) is 5. The van der Waals surface area contributed by atoms with Crippen molar-refractivity contribution in [3.63, 3.8) is 0 Å². The van der Waals surface area contributed by atoms with Crippen LogP contribution in [-0.4, -0.2) is 63.2 Å². The number of nitrogens with one attached hydrogen (secondary N) is 1. The number of halogens is 2. The van der Waals surface area contributed by atoms with Crippen molar-refractivity contribution in [2.45, 2.75) is 43.9 Å². The van der Waals surface area contributed by atoms with Crippen molar-refractivity contribution in [2.75, 3.05) is 19.6 Å². The zero-order valence-electron chi connectivity index (χ0n) is 20.7. The summed E-state index contributed by atoms with van der Waals surface area (Å²) in [5.74, 6) is -3.03. The SMILES string of the molecule is CC[C@@H]1CN(C(=O)NCC(C)(F)F)C[C@@H]1c1cnc2cnc3c(ccn3S(=O)(=O)c3ccc(C)cc3)n12. The highest BCUT2D eigenvalue weighted by molar-refractivity contribution is 7.90. The molecule has 2 amide bonds. The van der Waals surface area contributed by atoms with Crippen LogP contribution in [0.4, 0.5) is 13.6 Å². The van der Waals surface area contributed by atoms with E-state index in [0.717, 1.165) is 28.6 Å². The number of carbonyl (C=O) groups is 1. The number of alkyl halides is 2. The quantitative estimate of drug-likeness (QED) is 0.406. The van der Waals surface area contributed by atoms with E-state index in [2.05, 4.69) is 15.3 Å². The molecule has 0 spiro atoms. The highest BCUT2D eigenvalue weighted by Gasteiger charge is 2.38. The Balaban J connectivity index is 1.52. The van der Waals surface area contributed by atoms with E-state index in [-0.39, 0.29) is 22.4 Å². The number of likely N-dealkylation sites (tertiary alicyclic amines) is 1. The standard InChI is InChI=1S/C25H28F2N6O3S/c1-4-17-13-31(24(34)30-15-25(3,26)27)14-19(17)21-11-28-22-12-29-23-20(33(21)22)9-10-32(23)37(35,36)18-7-5-16(2)6-8-18/h5-12,17,19H,4,13-15H2,1-3H3,(H,30,34)/t17-,19+/m1/s1. The fourth-order valence-electron chi connectivity index (χ4n) is 4.95. The molecule has 1 N–H and O–H groups in total. The molecule has 9 nitrogen and oxygen atoms in total. The number of urea groups is 1. The van der Waals surface area contributed by atoms with Crippen molar-refractivity contribution >= 4 is 32.9 Å². The molecule has 0 unspecified atom stereocenters. The van der Waals surface area contributed by atoms with Crippen LogP contribution >= 0.6 is 0 Å². The molecule has 4 aromatic rings. The van der Waals surface area contributed by atoms with Crippen LogP contribution < -0.4 is 5.32 Å². The minimum Gasteiger partial charge on any atom is -0.332 e. The van der Waals surface area contributed by atoms with E-state index in [0.29, 0.717) is 24.3 Å². The van der Waals surface area contributed by atoms with Gasteiger partial charge in [-0.15, -0.1) is 0 Å². The molecule has 1 aliphatic heterocycles. The molecule has 1 aromatic carbocycles. The lowest BCUT2D eigenvalue weighted by molar-refractivity contribution is 0.0241. The third kappa shape index (κ3) is 4.54. The number of nitrogens with zero attached hydrogens (tertiary/aromatic N) is 5. The van der Waals surface area contributed by atoms with Crippen LogP contribution in [-0.2, 0) is 10.0 Å². The van der Waals surface area contributed by atoms with Crippen molar-refractivity contribution in [3.05, 3.63) is 60.2 Å². The van der Waals surface area contributed by atoms with E-state index in [4.69, 9.17) is 0 Å². The molecule has 0 saturated carbocycles. The molecule has 37 heavy (non-hydrogen) atoms. The molecular formula is C25H28F2N6O3S. The highest BCUT2D eigenvalue weighted by Crippen LogP contribution is 2.36. The van der Waals surface area contributed by atoms with Crippen LogP contribution in [0.25, 0.3) is 16.8 Å². The number of benzene rings is 1. The van der Waals surface area contributed by atoms with Crippen LogP contribution in [0.5, 0.6) is 0 Å². The number of imidazole rings is 1. The van der Waals surface area contributed by atoms with Crippen molar-refractivity contribution < 1.29 is 22.0 Å². The maximum atomic E-state index is 13.4. The molecule has 1 saturated heterocycles. The summed E-state index contributed by atoms with van der Waals surface area (Å²) < 4.78 is 56.3. The van der Waals surface area contributed by atoms with Crippen molar-refractivity contribution in [1.82, 2.24) is 28.6 Å². The Hall–Kier alpha value is -3.54. The van der Waals surface area contributed by atoms with E-state index in [1.54, 1.807) is 41.4 Å². The summed E-state index contributed by atoms with van der Waals surface area (Å²) >= 11 is 0. The Kier molecular flexibility index (Phi) is 6.17. The van der Waals surface area contributed by atoms with Crippen LogP contribution in [0.2, 0.25) is 0 Å². The molecule has 0 aliphatic carbocycles. The molecule has 1 fully saturated rings. The smallest absolute Gasteiger partial charge is 0.317 e. The first kappa shape index (κ1) is 25.1. The Labute approximate surface area is 213 Å². The lowest BCUT2D eigenvalue weighted by Crippen LogP contribution is -2.43. The summed E-state index contributed by atoms with van der Waals surface area (Å²) in [7, 11) is -3.88. The van der Waals surface area contributed by atoms with Crippen molar-refractivity contribution in [3.8, 4) is 0 Å². The Morgan fingerprint density at radius 2 is 1.86 bits per heavy atom. The first-order valence-electron chi connectivity index (χ1n) is 12.1. The minimum atomic E-state index is -3.88. The monoisotopic (exact) mass is 530 g/mol. The van der Waals surface area contributed by atoms with Gasteiger partial charge in [0, 0.05) is 44.0 Å². The van der Waals surface area contributed by atoms with Crippen LogP contribution in [0.15, 0.2) is 53.8 Å². The average molecular weight is 531 g/mol. The minimum absolute atomic E-state index is 0.0781. The number of aromatic nitrogens is 4. The number of rotatable bonds is 6. The molecule has 5 rings (SSSR count). The van der Waals surface area contributed by atoms with E-state index >= 15 is 0 Å². The lowest BCUT2D eigenvalue weighted by Gasteiger charge is -2.19. The summed E-state index contributed by atoms with van der Waals surface area (Å²) in [6.07, 6.45) is 5.49. The zero-order chi connectivity index (χ0) is 26.5.